The van der Waals surface area contributed by atoms with Crippen LogP contribution < -0.4 is 5.32 Å². The molecule has 32 heavy (non-hydrogen) atoms. The summed E-state index contributed by atoms with van der Waals surface area (Å²) in [5, 5.41) is 13.6. The maximum atomic E-state index is 12.4. The largest absolute Gasteiger partial charge is 0.325 e. The van der Waals surface area contributed by atoms with Gasteiger partial charge in [-0.25, -0.2) is 0 Å². The number of nitrogens with zero attached hydrogens (tertiary/aromatic N) is 3. The topological polar surface area (TPSA) is 59.8 Å². The SMILES string of the molecule is C=CCn1c(CSCc2ccc(Cl)cc2Cl)nnc1SCC(=O)Nc1ccc(C)cc1C. The van der Waals surface area contributed by atoms with Crippen LogP contribution in [0.2, 0.25) is 10.0 Å². The van der Waals surface area contributed by atoms with E-state index >= 15 is 0 Å². The third kappa shape index (κ3) is 6.78. The van der Waals surface area contributed by atoms with Gasteiger partial charge in [0.1, 0.15) is 5.82 Å². The van der Waals surface area contributed by atoms with Crippen LogP contribution in [0, 0.1) is 13.8 Å². The summed E-state index contributed by atoms with van der Waals surface area (Å²) in [4.78, 5) is 12.4. The molecular weight excluding hydrogens is 483 g/mol. The summed E-state index contributed by atoms with van der Waals surface area (Å²) >= 11 is 15.3. The number of amides is 1. The third-order valence-electron chi connectivity index (χ3n) is 4.60. The van der Waals surface area contributed by atoms with Gasteiger partial charge in [0, 0.05) is 28.0 Å². The Morgan fingerprint density at radius 2 is 1.97 bits per heavy atom. The molecule has 0 aliphatic rings. The number of aromatic nitrogens is 3. The van der Waals surface area contributed by atoms with Crippen molar-refractivity contribution in [2.45, 2.75) is 37.1 Å². The maximum absolute atomic E-state index is 12.4. The van der Waals surface area contributed by atoms with E-state index in [9.17, 15) is 4.79 Å². The minimum atomic E-state index is -0.0802. The molecular formula is C23H24Cl2N4OS2. The fraction of sp³-hybridized carbons (Fsp3) is 0.261. The Morgan fingerprint density at radius 3 is 2.69 bits per heavy atom. The predicted molar refractivity (Wildman–Crippen MR) is 137 cm³/mol. The van der Waals surface area contributed by atoms with Crippen LogP contribution in [0.15, 0.2) is 54.2 Å². The summed E-state index contributed by atoms with van der Waals surface area (Å²) in [7, 11) is 0. The van der Waals surface area contributed by atoms with E-state index in [0.29, 0.717) is 27.5 Å². The maximum Gasteiger partial charge on any atom is 0.234 e. The van der Waals surface area contributed by atoms with E-state index in [2.05, 4.69) is 22.1 Å². The first-order valence-electron chi connectivity index (χ1n) is 9.92. The van der Waals surface area contributed by atoms with Crippen molar-refractivity contribution in [3.8, 4) is 0 Å². The Hall–Kier alpha value is -1.93. The Bertz CT molecular complexity index is 1120. The minimum absolute atomic E-state index is 0.0802. The van der Waals surface area contributed by atoms with Crippen LogP contribution in [0.1, 0.15) is 22.5 Å². The molecule has 0 saturated carbocycles. The fourth-order valence-electron chi connectivity index (χ4n) is 3.01. The van der Waals surface area contributed by atoms with Gasteiger partial charge in [-0.3, -0.25) is 4.79 Å². The van der Waals surface area contributed by atoms with Crippen LogP contribution in [0.4, 0.5) is 5.69 Å². The molecule has 1 aromatic heterocycles. The van der Waals surface area contributed by atoms with E-state index in [4.69, 9.17) is 23.2 Å². The normalized spacial score (nSPS) is 10.9. The van der Waals surface area contributed by atoms with Crippen LogP contribution in [0.5, 0.6) is 0 Å². The van der Waals surface area contributed by atoms with E-state index in [1.54, 1.807) is 23.9 Å². The molecule has 0 unspecified atom stereocenters. The van der Waals surface area contributed by atoms with Gasteiger partial charge in [0.05, 0.1) is 11.5 Å². The quantitative estimate of drug-likeness (QED) is 0.249. The van der Waals surface area contributed by atoms with Crippen LogP contribution in [0.25, 0.3) is 0 Å². The Kier molecular flexibility index (Phi) is 9.11. The lowest BCUT2D eigenvalue weighted by Crippen LogP contribution is -2.15. The average molecular weight is 508 g/mol. The second kappa shape index (κ2) is 11.8. The molecule has 2 aromatic carbocycles. The highest BCUT2D eigenvalue weighted by Crippen LogP contribution is 2.27. The zero-order valence-electron chi connectivity index (χ0n) is 17.9. The van der Waals surface area contributed by atoms with Gasteiger partial charge in [-0.2, -0.15) is 0 Å². The molecule has 0 saturated heterocycles. The highest BCUT2D eigenvalue weighted by atomic mass is 35.5. The van der Waals surface area contributed by atoms with Crippen molar-refractivity contribution >= 4 is 58.3 Å². The van der Waals surface area contributed by atoms with E-state index in [1.165, 1.54) is 11.8 Å². The van der Waals surface area contributed by atoms with Crippen LogP contribution >= 0.6 is 46.7 Å². The van der Waals surface area contributed by atoms with Gasteiger partial charge >= 0.3 is 0 Å². The van der Waals surface area contributed by atoms with Crippen molar-refractivity contribution < 1.29 is 4.79 Å². The molecule has 3 aromatic rings. The molecule has 0 spiro atoms. The first-order chi connectivity index (χ1) is 15.4. The molecule has 0 fully saturated rings. The number of hydrogen-bond donors (Lipinski definition) is 1. The average Bonchev–Trinajstić information content (AvgIpc) is 3.12. The number of halogens is 2. The lowest BCUT2D eigenvalue weighted by atomic mass is 10.1. The molecule has 0 aliphatic heterocycles. The first-order valence-corrected chi connectivity index (χ1v) is 12.8. The Balaban J connectivity index is 1.58. The number of carbonyl (C=O) groups excluding carboxylic acids is 1. The second-order valence-electron chi connectivity index (χ2n) is 7.18. The summed E-state index contributed by atoms with van der Waals surface area (Å²) in [6.07, 6.45) is 1.80. The zero-order chi connectivity index (χ0) is 23.1. The Labute approximate surface area is 207 Å². The van der Waals surface area contributed by atoms with Gasteiger partial charge < -0.3 is 9.88 Å². The van der Waals surface area contributed by atoms with Gasteiger partial charge in [-0.1, -0.05) is 64.8 Å². The lowest BCUT2D eigenvalue weighted by molar-refractivity contribution is -0.113. The summed E-state index contributed by atoms with van der Waals surface area (Å²) in [5.74, 6) is 2.39. The minimum Gasteiger partial charge on any atom is -0.325 e. The molecule has 1 heterocycles. The van der Waals surface area contributed by atoms with E-state index in [0.717, 1.165) is 34.0 Å². The standard InChI is InChI=1S/C23H24Cl2N4OS2/c1-4-9-29-21(13-31-12-17-6-7-18(24)11-19(17)25)27-28-23(29)32-14-22(30)26-20-8-5-15(2)10-16(20)3/h4-8,10-11H,1,9,12-14H2,2-3H3,(H,26,30). The van der Waals surface area contributed by atoms with Gasteiger partial charge in [-0.15, -0.1) is 28.5 Å². The van der Waals surface area contributed by atoms with Gasteiger partial charge in [0.2, 0.25) is 5.91 Å². The van der Waals surface area contributed by atoms with Crippen molar-refractivity contribution in [3.63, 3.8) is 0 Å². The van der Waals surface area contributed by atoms with Crippen molar-refractivity contribution in [2.75, 3.05) is 11.1 Å². The second-order valence-corrected chi connectivity index (χ2v) is 9.95. The van der Waals surface area contributed by atoms with Crippen molar-refractivity contribution in [2.24, 2.45) is 0 Å². The number of carbonyl (C=O) groups is 1. The summed E-state index contributed by atoms with van der Waals surface area (Å²) < 4.78 is 1.98. The number of thioether (sulfide) groups is 2. The van der Waals surface area contributed by atoms with Crippen molar-refractivity contribution in [3.05, 3.63) is 81.6 Å². The molecule has 0 aliphatic carbocycles. The molecule has 5 nitrogen and oxygen atoms in total. The number of allylic oxidation sites excluding steroid dienone is 1. The molecule has 9 heteroatoms. The van der Waals surface area contributed by atoms with E-state index < -0.39 is 0 Å². The highest BCUT2D eigenvalue weighted by Gasteiger charge is 2.14. The van der Waals surface area contributed by atoms with Crippen LogP contribution in [-0.2, 0) is 22.8 Å². The van der Waals surface area contributed by atoms with Crippen molar-refractivity contribution in [1.82, 2.24) is 14.8 Å². The number of nitrogens with one attached hydrogen (secondary N) is 1. The zero-order valence-corrected chi connectivity index (χ0v) is 21.0. The lowest BCUT2D eigenvalue weighted by Gasteiger charge is -2.10. The molecule has 1 N–H and O–H groups in total. The summed E-state index contributed by atoms with van der Waals surface area (Å²) in [6, 6.07) is 11.5. The van der Waals surface area contributed by atoms with Crippen LogP contribution in [0.3, 0.4) is 0 Å². The summed E-state index contributed by atoms with van der Waals surface area (Å²) in [5.41, 5.74) is 4.05. The van der Waals surface area contributed by atoms with Gasteiger partial charge in [0.25, 0.3) is 0 Å². The molecule has 1 amide bonds. The number of benzene rings is 2. The van der Waals surface area contributed by atoms with Gasteiger partial charge in [0.15, 0.2) is 5.16 Å². The van der Waals surface area contributed by atoms with E-state index in [1.807, 2.05) is 48.7 Å². The van der Waals surface area contributed by atoms with Crippen molar-refractivity contribution in [1.29, 1.82) is 0 Å². The smallest absolute Gasteiger partial charge is 0.234 e. The first kappa shape index (κ1) is 24.7. The molecule has 3 rings (SSSR count). The number of hydrogen-bond acceptors (Lipinski definition) is 5. The third-order valence-corrected chi connectivity index (χ3v) is 7.13. The fourth-order valence-corrected chi connectivity index (χ4v) is 5.30. The highest BCUT2D eigenvalue weighted by molar-refractivity contribution is 7.99. The van der Waals surface area contributed by atoms with E-state index in [-0.39, 0.29) is 11.7 Å². The molecule has 0 atom stereocenters. The molecule has 0 radical (unpaired) electrons. The summed E-state index contributed by atoms with van der Waals surface area (Å²) in [6.45, 7) is 8.42. The monoisotopic (exact) mass is 506 g/mol. The van der Waals surface area contributed by atoms with Gasteiger partial charge in [-0.05, 0) is 43.2 Å². The number of aryl methyl sites for hydroxylation is 2. The Morgan fingerprint density at radius 1 is 1.16 bits per heavy atom. The van der Waals surface area contributed by atoms with Crippen LogP contribution in [-0.4, -0.2) is 26.4 Å². The predicted octanol–water partition coefficient (Wildman–Crippen LogP) is 6.55. The number of anilines is 1. The molecule has 0 bridgehead atoms. The number of rotatable bonds is 10. The molecule has 168 valence electrons.